The van der Waals surface area contributed by atoms with Gasteiger partial charge < -0.3 is 9.47 Å². The van der Waals surface area contributed by atoms with E-state index in [-0.39, 0.29) is 12.4 Å². The molecule has 5 heteroatoms. The topological polar surface area (TPSA) is 31.4 Å². The molecule has 3 nitrogen and oxygen atoms in total. The lowest BCUT2D eigenvalue weighted by atomic mass is 10.2. The van der Waals surface area contributed by atoms with Crippen molar-refractivity contribution in [1.82, 2.24) is 4.98 Å². The lowest BCUT2D eigenvalue weighted by Gasteiger charge is -2.11. The maximum atomic E-state index is 13.0. The van der Waals surface area contributed by atoms with Crippen LogP contribution in [-0.4, -0.2) is 12.1 Å². The highest BCUT2D eigenvalue weighted by atomic mass is 35.5. The molecule has 0 saturated heterocycles. The van der Waals surface area contributed by atoms with Crippen molar-refractivity contribution in [2.45, 2.75) is 12.5 Å². The van der Waals surface area contributed by atoms with Crippen molar-refractivity contribution in [3.8, 4) is 11.5 Å². The molecule has 100 valence electrons. The standard InChI is InChI=1S/C14H13ClFNO2/c1-18-14-5-10(6-15)2-3-13(14)19-9-11-4-12(16)8-17-7-11/h2-5,7-8H,6,9H2,1H3. The van der Waals surface area contributed by atoms with Crippen molar-refractivity contribution < 1.29 is 13.9 Å². The minimum Gasteiger partial charge on any atom is -0.493 e. The zero-order valence-corrected chi connectivity index (χ0v) is 11.2. The van der Waals surface area contributed by atoms with Gasteiger partial charge in [-0.05, 0) is 23.8 Å². The maximum Gasteiger partial charge on any atom is 0.161 e. The summed E-state index contributed by atoms with van der Waals surface area (Å²) in [6.07, 6.45) is 2.71. The van der Waals surface area contributed by atoms with E-state index in [4.69, 9.17) is 21.1 Å². The smallest absolute Gasteiger partial charge is 0.161 e. The Morgan fingerprint density at radius 2 is 2.00 bits per heavy atom. The van der Waals surface area contributed by atoms with Crippen LogP contribution in [0.2, 0.25) is 0 Å². The Kier molecular flexibility index (Phi) is 4.58. The summed E-state index contributed by atoms with van der Waals surface area (Å²) in [4.78, 5) is 3.76. The van der Waals surface area contributed by atoms with E-state index in [1.807, 2.05) is 12.1 Å². The van der Waals surface area contributed by atoms with E-state index in [9.17, 15) is 4.39 Å². The van der Waals surface area contributed by atoms with Crippen LogP contribution in [0.4, 0.5) is 4.39 Å². The van der Waals surface area contributed by atoms with Gasteiger partial charge in [-0.25, -0.2) is 4.39 Å². The number of halogens is 2. The van der Waals surface area contributed by atoms with Gasteiger partial charge in [0.2, 0.25) is 0 Å². The third-order valence-corrected chi connectivity index (χ3v) is 2.85. The molecule has 0 spiro atoms. The summed E-state index contributed by atoms with van der Waals surface area (Å²) >= 11 is 5.75. The lowest BCUT2D eigenvalue weighted by Crippen LogP contribution is -1.99. The van der Waals surface area contributed by atoms with Crippen LogP contribution in [0.1, 0.15) is 11.1 Å². The molecule has 0 fully saturated rings. The van der Waals surface area contributed by atoms with Gasteiger partial charge in [0.25, 0.3) is 0 Å². The number of methoxy groups -OCH3 is 1. The van der Waals surface area contributed by atoms with Crippen LogP contribution in [-0.2, 0) is 12.5 Å². The minimum absolute atomic E-state index is 0.224. The van der Waals surface area contributed by atoms with Crippen molar-refractivity contribution in [3.63, 3.8) is 0 Å². The molecule has 0 aliphatic carbocycles. The fourth-order valence-corrected chi connectivity index (χ4v) is 1.78. The summed E-state index contributed by atoms with van der Waals surface area (Å²) in [5.74, 6) is 1.21. The zero-order chi connectivity index (χ0) is 13.7. The fraction of sp³-hybridized carbons (Fsp3) is 0.214. The van der Waals surface area contributed by atoms with Crippen molar-refractivity contribution in [2.75, 3.05) is 7.11 Å². The van der Waals surface area contributed by atoms with E-state index in [0.29, 0.717) is 22.9 Å². The van der Waals surface area contributed by atoms with Crippen LogP contribution in [0, 0.1) is 5.82 Å². The summed E-state index contributed by atoms with van der Waals surface area (Å²) in [5.41, 5.74) is 1.60. The van der Waals surface area contributed by atoms with Gasteiger partial charge >= 0.3 is 0 Å². The molecule has 0 bridgehead atoms. The molecule has 0 atom stereocenters. The average Bonchev–Trinajstić information content (AvgIpc) is 2.45. The number of hydrogen-bond acceptors (Lipinski definition) is 3. The fourth-order valence-electron chi connectivity index (χ4n) is 1.61. The molecule has 0 aliphatic rings. The summed E-state index contributed by atoms with van der Waals surface area (Å²) in [6, 6.07) is 6.83. The first-order valence-corrected chi connectivity index (χ1v) is 6.21. The molecule has 0 saturated carbocycles. The van der Waals surface area contributed by atoms with Gasteiger partial charge in [0.1, 0.15) is 12.4 Å². The molecule has 1 aromatic heterocycles. The second-order valence-electron chi connectivity index (χ2n) is 3.92. The summed E-state index contributed by atoms with van der Waals surface area (Å²) in [7, 11) is 1.56. The number of benzene rings is 1. The van der Waals surface area contributed by atoms with Crippen LogP contribution in [0.25, 0.3) is 0 Å². The van der Waals surface area contributed by atoms with Gasteiger partial charge in [0.05, 0.1) is 13.3 Å². The van der Waals surface area contributed by atoms with Gasteiger partial charge in [0, 0.05) is 17.6 Å². The number of hydrogen-bond donors (Lipinski definition) is 0. The highest BCUT2D eigenvalue weighted by Gasteiger charge is 2.06. The maximum absolute atomic E-state index is 13.0. The zero-order valence-electron chi connectivity index (χ0n) is 10.4. The van der Waals surface area contributed by atoms with Crippen LogP contribution >= 0.6 is 11.6 Å². The molecular weight excluding hydrogens is 269 g/mol. The molecule has 0 N–H and O–H groups in total. The van der Waals surface area contributed by atoms with Crippen LogP contribution < -0.4 is 9.47 Å². The highest BCUT2D eigenvalue weighted by Crippen LogP contribution is 2.29. The summed E-state index contributed by atoms with van der Waals surface area (Å²) < 4.78 is 23.8. The van der Waals surface area contributed by atoms with E-state index >= 15 is 0 Å². The van der Waals surface area contributed by atoms with Crippen LogP contribution in [0.5, 0.6) is 11.5 Å². The predicted octanol–water partition coefficient (Wildman–Crippen LogP) is 3.55. The Hall–Kier alpha value is -1.81. The van der Waals surface area contributed by atoms with Crippen molar-refractivity contribution in [1.29, 1.82) is 0 Å². The Balaban J connectivity index is 2.11. The molecule has 1 aromatic carbocycles. The quantitative estimate of drug-likeness (QED) is 0.786. The normalized spacial score (nSPS) is 10.3. The molecule has 0 amide bonds. The first kappa shape index (κ1) is 13.6. The Morgan fingerprint density at radius 3 is 2.68 bits per heavy atom. The van der Waals surface area contributed by atoms with Gasteiger partial charge in [-0.1, -0.05) is 6.07 Å². The SMILES string of the molecule is COc1cc(CCl)ccc1OCc1cncc(F)c1. The largest absolute Gasteiger partial charge is 0.493 e. The Morgan fingerprint density at radius 1 is 1.16 bits per heavy atom. The molecule has 0 radical (unpaired) electrons. The molecule has 2 rings (SSSR count). The van der Waals surface area contributed by atoms with E-state index < -0.39 is 0 Å². The van der Waals surface area contributed by atoms with E-state index in [0.717, 1.165) is 11.8 Å². The van der Waals surface area contributed by atoms with E-state index in [1.54, 1.807) is 19.4 Å². The number of rotatable bonds is 5. The molecule has 0 aliphatic heterocycles. The number of nitrogens with zero attached hydrogens (tertiary/aromatic N) is 1. The monoisotopic (exact) mass is 281 g/mol. The van der Waals surface area contributed by atoms with Crippen LogP contribution in [0.15, 0.2) is 36.7 Å². The lowest BCUT2D eigenvalue weighted by molar-refractivity contribution is 0.283. The summed E-state index contributed by atoms with van der Waals surface area (Å²) in [6.45, 7) is 0.224. The van der Waals surface area contributed by atoms with E-state index in [1.165, 1.54) is 6.07 Å². The van der Waals surface area contributed by atoms with Crippen LogP contribution in [0.3, 0.4) is 0 Å². The van der Waals surface area contributed by atoms with Gasteiger partial charge in [-0.2, -0.15) is 0 Å². The minimum atomic E-state index is -0.384. The third kappa shape index (κ3) is 3.58. The molecule has 2 aromatic rings. The summed E-state index contributed by atoms with van der Waals surface area (Å²) in [5, 5.41) is 0. The van der Waals surface area contributed by atoms with E-state index in [2.05, 4.69) is 4.98 Å². The predicted molar refractivity (Wildman–Crippen MR) is 71.1 cm³/mol. The Bertz CT molecular complexity index is 563. The van der Waals surface area contributed by atoms with Crippen molar-refractivity contribution in [3.05, 3.63) is 53.6 Å². The molecule has 19 heavy (non-hydrogen) atoms. The first-order valence-electron chi connectivity index (χ1n) is 5.68. The number of ether oxygens (including phenoxy) is 2. The van der Waals surface area contributed by atoms with Crippen molar-refractivity contribution >= 4 is 11.6 Å². The molecule has 1 heterocycles. The number of alkyl halides is 1. The molecular formula is C14H13ClFNO2. The highest BCUT2D eigenvalue weighted by molar-refractivity contribution is 6.17. The van der Waals surface area contributed by atoms with Gasteiger partial charge in [-0.15, -0.1) is 11.6 Å². The number of pyridine rings is 1. The molecule has 0 unspecified atom stereocenters. The second kappa shape index (κ2) is 6.38. The van der Waals surface area contributed by atoms with Gasteiger partial charge in [0.15, 0.2) is 11.5 Å². The third-order valence-electron chi connectivity index (χ3n) is 2.54. The first-order chi connectivity index (χ1) is 9.22. The Labute approximate surface area is 115 Å². The number of aromatic nitrogens is 1. The average molecular weight is 282 g/mol. The van der Waals surface area contributed by atoms with Crippen molar-refractivity contribution in [2.24, 2.45) is 0 Å². The van der Waals surface area contributed by atoms with Gasteiger partial charge in [-0.3, -0.25) is 4.98 Å². The second-order valence-corrected chi connectivity index (χ2v) is 4.19.